The quantitative estimate of drug-likeness (QED) is 0.0831. The summed E-state index contributed by atoms with van der Waals surface area (Å²) >= 11 is 0. The summed E-state index contributed by atoms with van der Waals surface area (Å²) in [6.07, 6.45) is -1.73. The van der Waals surface area contributed by atoms with E-state index in [1.807, 2.05) is 56.3 Å². The maximum absolute atomic E-state index is 13.8. The van der Waals surface area contributed by atoms with Gasteiger partial charge in [0.1, 0.15) is 36.9 Å². The molecule has 12 heteroatoms. The maximum atomic E-state index is 13.8. The molecule has 0 saturated carbocycles. The second-order valence-electron chi connectivity index (χ2n) is 14.8. The SMILES string of the molecule is Cc1cc(C2(c3cc(C)c(OCC(O)CN(CCO)CCO)cc3C(C)C)OC(=O)c3ccccc32)c(C(C)C)cc1OCC(O)CN(CCO)CCO. The number of aryl methyl sites for hydroxylation is 2. The third kappa shape index (κ3) is 9.98. The topological polar surface area (TPSA) is 173 Å². The van der Waals surface area contributed by atoms with Gasteiger partial charge >= 0.3 is 5.97 Å². The normalized spacial score (nSPS) is 16.7. The molecule has 1 heterocycles. The Balaban J connectivity index is 1.79. The van der Waals surface area contributed by atoms with Crippen LogP contribution in [0.5, 0.6) is 11.5 Å². The fraction of sp³-hybridized carbons (Fsp3) is 0.548. The van der Waals surface area contributed by atoms with Gasteiger partial charge in [0, 0.05) is 56.0 Å². The van der Waals surface area contributed by atoms with Crippen molar-refractivity contribution >= 4 is 5.97 Å². The number of aliphatic hydroxyl groups is 6. The minimum absolute atomic E-state index is 0.00178. The third-order valence-corrected chi connectivity index (χ3v) is 9.93. The number of carbonyl (C=O) groups is 1. The Kier molecular flexibility index (Phi) is 15.8. The monoisotopic (exact) mass is 752 g/mol. The lowest BCUT2D eigenvalue weighted by Gasteiger charge is -2.36. The summed E-state index contributed by atoms with van der Waals surface area (Å²) in [6.45, 7) is 13.6. The van der Waals surface area contributed by atoms with Crippen LogP contribution < -0.4 is 9.47 Å². The molecule has 3 aromatic carbocycles. The number of cyclic esters (lactones) is 1. The van der Waals surface area contributed by atoms with Crippen molar-refractivity contribution < 1.29 is 49.6 Å². The molecule has 1 aliphatic heterocycles. The molecule has 1 aliphatic rings. The zero-order chi connectivity index (χ0) is 39.6. The Hall–Kier alpha value is -3.59. The second-order valence-corrected chi connectivity index (χ2v) is 14.8. The largest absolute Gasteiger partial charge is 0.491 e. The van der Waals surface area contributed by atoms with Crippen molar-refractivity contribution in [2.75, 3.05) is 78.9 Å². The molecule has 12 nitrogen and oxygen atoms in total. The molecule has 2 atom stereocenters. The van der Waals surface area contributed by atoms with Gasteiger partial charge in [0.25, 0.3) is 0 Å². The van der Waals surface area contributed by atoms with Crippen LogP contribution in [-0.2, 0) is 10.3 Å². The average Bonchev–Trinajstić information content (AvgIpc) is 3.43. The lowest BCUT2D eigenvalue weighted by molar-refractivity contribution is 0.0243. The molecule has 0 spiro atoms. The van der Waals surface area contributed by atoms with Gasteiger partial charge in [-0.25, -0.2) is 4.79 Å². The lowest BCUT2D eigenvalue weighted by atomic mass is 9.72. The zero-order valence-electron chi connectivity index (χ0n) is 32.6. The molecule has 0 aromatic heterocycles. The number of aliphatic hydroxyl groups excluding tert-OH is 6. The highest BCUT2D eigenvalue weighted by Crippen LogP contribution is 2.52. The third-order valence-electron chi connectivity index (χ3n) is 9.93. The van der Waals surface area contributed by atoms with Gasteiger partial charge in [-0.3, -0.25) is 9.80 Å². The van der Waals surface area contributed by atoms with Gasteiger partial charge in [-0.2, -0.15) is 0 Å². The van der Waals surface area contributed by atoms with Gasteiger partial charge in [0.2, 0.25) is 0 Å². The van der Waals surface area contributed by atoms with Crippen LogP contribution in [0, 0.1) is 13.8 Å². The van der Waals surface area contributed by atoms with Crippen molar-refractivity contribution in [3.63, 3.8) is 0 Å². The van der Waals surface area contributed by atoms with Crippen molar-refractivity contribution in [3.05, 3.63) is 93.0 Å². The van der Waals surface area contributed by atoms with E-state index in [-0.39, 0.29) is 64.6 Å². The smallest absolute Gasteiger partial charge is 0.340 e. The van der Waals surface area contributed by atoms with Gasteiger partial charge in [0.15, 0.2) is 5.60 Å². The summed E-state index contributed by atoms with van der Waals surface area (Å²) < 4.78 is 19.1. The lowest BCUT2D eigenvalue weighted by Crippen LogP contribution is -2.39. The number of hydrogen-bond donors (Lipinski definition) is 6. The minimum Gasteiger partial charge on any atom is -0.491 e. The van der Waals surface area contributed by atoms with E-state index in [4.69, 9.17) is 14.2 Å². The minimum atomic E-state index is -1.32. The van der Waals surface area contributed by atoms with E-state index in [1.54, 1.807) is 15.9 Å². The van der Waals surface area contributed by atoms with E-state index in [9.17, 15) is 35.4 Å². The molecule has 0 fully saturated rings. The first-order valence-electron chi connectivity index (χ1n) is 18.9. The first kappa shape index (κ1) is 43.1. The van der Waals surface area contributed by atoms with E-state index in [0.29, 0.717) is 43.2 Å². The van der Waals surface area contributed by atoms with Gasteiger partial charge in [-0.15, -0.1) is 0 Å². The highest BCUT2D eigenvalue weighted by atomic mass is 16.6. The maximum Gasteiger partial charge on any atom is 0.340 e. The first-order chi connectivity index (χ1) is 25.8. The Labute approximate surface area is 319 Å². The second kappa shape index (κ2) is 19.8. The predicted molar refractivity (Wildman–Crippen MR) is 207 cm³/mol. The molecule has 54 heavy (non-hydrogen) atoms. The molecular weight excluding hydrogens is 692 g/mol. The van der Waals surface area contributed by atoms with Gasteiger partial charge in [-0.05, 0) is 78.3 Å². The van der Waals surface area contributed by atoms with Crippen LogP contribution >= 0.6 is 0 Å². The standard InChI is InChI=1S/C42H60N2O10/c1-27(2)34-21-39(52-25-31(49)23-43(11-15-45)12-16-46)29(5)19-37(34)42(36-10-8-7-9-33(36)41(51)54-42)38-20-30(6)40(22-35(38)28(3)4)53-26-32(50)24-44(13-17-47)14-18-48/h7-10,19-22,27-28,31-32,45-50H,11-18,23-26H2,1-6H3. The Bertz CT molecular complexity index is 1580. The van der Waals surface area contributed by atoms with Crippen molar-refractivity contribution in [1.29, 1.82) is 0 Å². The van der Waals surface area contributed by atoms with Gasteiger partial charge in [0.05, 0.1) is 32.0 Å². The number of rotatable bonds is 22. The van der Waals surface area contributed by atoms with Crippen LogP contribution in [0.15, 0.2) is 48.5 Å². The molecule has 0 aliphatic carbocycles. The molecule has 6 N–H and O–H groups in total. The molecule has 3 aromatic rings. The van der Waals surface area contributed by atoms with Crippen molar-refractivity contribution in [1.82, 2.24) is 9.80 Å². The summed E-state index contributed by atoms with van der Waals surface area (Å²) in [5, 5.41) is 59.1. The molecule has 0 amide bonds. The fourth-order valence-electron chi connectivity index (χ4n) is 7.27. The average molecular weight is 753 g/mol. The summed E-state index contributed by atoms with van der Waals surface area (Å²) in [6, 6.07) is 15.4. The molecule has 0 radical (unpaired) electrons. The van der Waals surface area contributed by atoms with Crippen LogP contribution in [0.4, 0.5) is 0 Å². The molecular formula is C42H60N2O10. The molecule has 0 saturated heterocycles. The number of hydrogen-bond acceptors (Lipinski definition) is 12. The summed E-state index contributed by atoms with van der Waals surface area (Å²) in [4.78, 5) is 17.4. The van der Waals surface area contributed by atoms with Crippen molar-refractivity contribution in [2.24, 2.45) is 0 Å². The van der Waals surface area contributed by atoms with E-state index >= 15 is 0 Å². The Morgan fingerprint density at radius 2 is 1.06 bits per heavy atom. The molecule has 4 rings (SSSR count). The highest BCUT2D eigenvalue weighted by Gasteiger charge is 2.51. The van der Waals surface area contributed by atoms with E-state index in [0.717, 1.165) is 38.9 Å². The van der Waals surface area contributed by atoms with Gasteiger partial charge < -0.3 is 44.8 Å². The van der Waals surface area contributed by atoms with E-state index < -0.39 is 23.8 Å². The zero-order valence-corrected chi connectivity index (χ0v) is 32.6. The van der Waals surface area contributed by atoms with E-state index in [2.05, 4.69) is 27.7 Å². The van der Waals surface area contributed by atoms with Crippen LogP contribution in [0.2, 0.25) is 0 Å². The Morgan fingerprint density at radius 3 is 1.44 bits per heavy atom. The predicted octanol–water partition coefficient (Wildman–Crippen LogP) is 3.07. The van der Waals surface area contributed by atoms with E-state index in [1.165, 1.54) is 0 Å². The number of fused-ring (bicyclic) bond motifs is 1. The van der Waals surface area contributed by atoms with Crippen molar-refractivity contribution in [2.45, 2.75) is 71.2 Å². The number of ether oxygens (including phenoxy) is 3. The van der Waals surface area contributed by atoms with Crippen LogP contribution in [0.1, 0.15) is 88.8 Å². The summed E-state index contributed by atoms with van der Waals surface area (Å²) in [5.74, 6) is 0.700. The number of carbonyl (C=O) groups excluding carboxylic acids is 1. The first-order valence-corrected chi connectivity index (χ1v) is 18.9. The molecule has 2 unspecified atom stereocenters. The van der Waals surface area contributed by atoms with Crippen LogP contribution in [0.3, 0.4) is 0 Å². The Morgan fingerprint density at radius 1 is 0.648 bits per heavy atom. The summed E-state index contributed by atoms with van der Waals surface area (Å²) in [7, 11) is 0. The van der Waals surface area contributed by atoms with Gasteiger partial charge in [-0.1, -0.05) is 45.9 Å². The highest BCUT2D eigenvalue weighted by molar-refractivity contribution is 5.96. The fourth-order valence-corrected chi connectivity index (χ4v) is 7.27. The molecule has 0 bridgehead atoms. The number of benzene rings is 3. The molecule has 298 valence electrons. The number of esters is 1. The number of nitrogens with zero attached hydrogens (tertiary/aromatic N) is 2. The summed E-state index contributed by atoms with van der Waals surface area (Å²) in [5.41, 5.74) is 4.89. The van der Waals surface area contributed by atoms with Crippen LogP contribution in [0.25, 0.3) is 0 Å². The van der Waals surface area contributed by atoms with Crippen molar-refractivity contribution in [3.8, 4) is 11.5 Å². The van der Waals surface area contributed by atoms with Crippen LogP contribution in [-0.4, -0.2) is 138 Å².